The molecule has 5 N–H and O–H groups in total. The second-order valence-corrected chi connectivity index (χ2v) is 32.1. The fourth-order valence-electron chi connectivity index (χ4n) is 16.5. The first-order chi connectivity index (χ1) is 46.3. The molecule has 5 heterocycles. The van der Waals surface area contributed by atoms with E-state index in [1.165, 1.54) is 34.6 Å². The first-order valence-electron chi connectivity index (χ1n) is 31.0. The molecule has 0 aromatic rings. The maximum Gasteiger partial charge on any atom is 5.00 e. The first-order valence-corrected chi connectivity index (χ1v) is 35.6. The fraction of sp³-hybridized carbons (Fsp3) is 0.615. The normalized spacial score (nSPS) is 39.4. The molecule has 101 heavy (non-hydrogen) atoms. The Morgan fingerprint density at radius 3 is 0.495 bits per heavy atom. The second kappa shape index (κ2) is 34.2. The van der Waals surface area contributed by atoms with Crippen molar-refractivity contribution >= 4 is 169 Å². The summed E-state index contributed by atoms with van der Waals surface area (Å²) in [6.45, 7) is 23.0. The SMILES string of the molecule is C=C(C)C(=O)O.C=C(C)C(=O)O.C=C(C)C(=O)O.C=C(C)C(=O)O.C=C(C)C(=O)O.O=C([O-])C1C2CC3C(OC(=O)C31)C2Br.O=C([O-])C1C2CC3C(OC(=O)C31)C2Br.O=C([O-])C1C2CC3C(OC(=O)C31)C2Br.O=C([O-])C1C2CC3C(OC(=O)C31)C2Br.O=C([O-])C1C2CC3C(OC(=O)C31)C2Br.[Ta+5]. The van der Waals surface area contributed by atoms with Crippen LogP contribution in [0.2, 0.25) is 0 Å². The third-order valence-electron chi connectivity index (χ3n) is 20.8. The molecule has 30 unspecified atom stereocenters. The number of alkyl halides is 5. The Morgan fingerprint density at radius 2 is 0.406 bits per heavy atom. The van der Waals surface area contributed by atoms with Crippen LogP contribution in [0.1, 0.15) is 66.7 Å². The molecule has 0 spiro atoms. The molecule has 0 aromatic heterocycles. The van der Waals surface area contributed by atoms with Crippen molar-refractivity contribution in [2.45, 2.75) is 121 Å². The van der Waals surface area contributed by atoms with Crippen LogP contribution in [0.25, 0.3) is 0 Å². The van der Waals surface area contributed by atoms with Crippen LogP contribution in [0.5, 0.6) is 0 Å². The summed E-state index contributed by atoms with van der Waals surface area (Å²) < 4.78 is 25.8. The summed E-state index contributed by atoms with van der Waals surface area (Å²) in [6.07, 6.45) is 3.35. The fourth-order valence-corrected chi connectivity index (χ4v) is 21.7. The Kier molecular flexibility index (Phi) is 29.0. The van der Waals surface area contributed by atoms with Crippen LogP contribution < -0.4 is 25.5 Å². The zero-order valence-corrected chi connectivity index (χ0v) is 65.3. The number of carbonyl (C=O) groups is 15. The van der Waals surface area contributed by atoms with Gasteiger partial charge in [-0.05, 0) is 96.3 Å². The molecule has 30 nitrogen and oxygen atoms in total. The van der Waals surface area contributed by atoms with Gasteiger partial charge in [-0.15, -0.1) is 0 Å². The Labute approximate surface area is 634 Å². The third kappa shape index (κ3) is 17.3. The maximum atomic E-state index is 11.4. The number of esters is 5. The quantitative estimate of drug-likeness (QED) is 0.0816. The van der Waals surface area contributed by atoms with E-state index >= 15 is 0 Å². The number of fused-ring (bicyclic) bond motifs is 5. The molecular weight excluding hydrogens is 1840 g/mol. The van der Waals surface area contributed by atoms with E-state index in [-0.39, 0.29) is 194 Å². The van der Waals surface area contributed by atoms with Crippen LogP contribution in [0, 0.1) is 118 Å². The molecule has 30 atom stereocenters. The molecule has 15 aliphatic rings. The maximum absolute atomic E-state index is 11.4. The molecule has 10 bridgehead atoms. The molecule has 5 aliphatic heterocycles. The number of carboxylic acids is 10. The molecule has 10 saturated carbocycles. The minimum Gasteiger partial charge on any atom is -0.550 e. The monoisotopic (exact) mass is 1910 g/mol. The van der Waals surface area contributed by atoms with Crippen LogP contribution in [0.15, 0.2) is 60.8 Å². The van der Waals surface area contributed by atoms with E-state index in [9.17, 15) is 97.5 Å². The first kappa shape index (κ1) is 85.5. The number of ether oxygens (including phenoxy) is 5. The van der Waals surface area contributed by atoms with Gasteiger partial charge >= 0.3 is 82.1 Å². The van der Waals surface area contributed by atoms with Gasteiger partial charge < -0.3 is 98.7 Å². The molecule has 5 saturated heterocycles. The van der Waals surface area contributed by atoms with E-state index in [0.29, 0.717) is 0 Å². The predicted octanol–water partition coefficient (Wildman–Crippen LogP) is -0.230. The number of hydrogen-bond acceptors (Lipinski definition) is 25. The average molecular weight is 1910 g/mol. The summed E-state index contributed by atoms with van der Waals surface area (Å²) in [5.41, 5.74) is 0.880. The molecule has 36 heteroatoms. The minimum atomic E-state index is -1.11. The van der Waals surface area contributed by atoms with E-state index in [2.05, 4.69) is 113 Å². The molecule has 0 aromatic carbocycles. The molecular formula is C65H70Br5O30Ta. The zero-order chi connectivity index (χ0) is 75.9. The number of carbonyl (C=O) groups excluding carboxylic acids is 10. The summed E-state index contributed by atoms with van der Waals surface area (Å²) in [5, 5.41) is 94.1. The van der Waals surface area contributed by atoms with Crippen molar-refractivity contribution in [3.05, 3.63) is 60.8 Å². The predicted molar refractivity (Wildman–Crippen MR) is 343 cm³/mol. The standard InChI is InChI=1S/5C9H9BrO4.5C4H6O2.Ta/c5*10-6-2-1-3-5(4(2)8(11)12)9(13)14-7(3)6;5*1-3(2)4(5)6;/h5*2-7H,1H2,(H,11,12);5*1H2,2H3,(H,5,6);/q;;;;;;;;;;+5/p-5. The van der Waals surface area contributed by atoms with Gasteiger partial charge in [0.2, 0.25) is 0 Å². The van der Waals surface area contributed by atoms with Gasteiger partial charge in [0.1, 0.15) is 30.5 Å². The van der Waals surface area contributed by atoms with Crippen molar-refractivity contribution in [3.8, 4) is 0 Å². The Bertz CT molecular complexity index is 2900. The van der Waals surface area contributed by atoms with Gasteiger partial charge in [0, 0.05) is 117 Å². The van der Waals surface area contributed by atoms with Crippen molar-refractivity contribution in [2.24, 2.45) is 118 Å². The number of halogens is 5. The van der Waals surface area contributed by atoms with E-state index < -0.39 is 119 Å². The molecule has 0 radical (unpaired) electrons. The zero-order valence-electron chi connectivity index (χ0n) is 54.2. The number of carboxylic acid groups (broad SMARTS) is 10. The summed E-state index contributed by atoms with van der Waals surface area (Å²) in [4.78, 5) is 160. The molecule has 0 amide bonds. The van der Waals surface area contributed by atoms with Crippen molar-refractivity contribution in [1.82, 2.24) is 0 Å². The minimum absolute atomic E-state index is 0. The van der Waals surface area contributed by atoms with Gasteiger partial charge in [-0.2, -0.15) is 0 Å². The van der Waals surface area contributed by atoms with Gasteiger partial charge in [0.15, 0.2) is 0 Å². The van der Waals surface area contributed by atoms with Crippen LogP contribution in [0.3, 0.4) is 0 Å². The van der Waals surface area contributed by atoms with E-state index in [0.717, 1.165) is 32.1 Å². The Hall–Kier alpha value is -6.11. The van der Waals surface area contributed by atoms with E-state index in [1.807, 2.05) is 0 Å². The average Bonchev–Trinajstić information content (AvgIpc) is 1.60. The van der Waals surface area contributed by atoms with Crippen molar-refractivity contribution < 1.29 is 169 Å². The Balaban J connectivity index is 0.000000207. The largest absolute Gasteiger partial charge is 5.00 e. The molecule has 550 valence electrons. The second-order valence-electron chi connectivity index (χ2n) is 26.8. The van der Waals surface area contributed by atoms with Gasteiger partial charge in [-0.1, -0.05) is 113 Å². The molecule has 15 fully saturated rings. The van der Waals surface area contributed by atoms with Crippen LogP contribution >= 0.6 is 79.6 Å². The summed E-state index contributed by atoms with van der Waals surface area (Å²) in [5.74, 6) is -16.9. The molecule has 10 aliphatic carbocycles. The Morgan fingerprint density at radius 1 is 0.297 bits per heavy atom. The van der Waals surface area contributed by atoms with E-state index in [1.54, 1.807) is 0 Å². The van der Waals surface area contributed by atoms with Gasteiger partial charge in [0.25, 0.3) is 0 Å². The van der Waals surface area contributed by atoms with Gasteiger partial charge in [-0.3, -0.25) is 24.0 Å². The summed E-state index contributed by atoms with van der Waals surface area (Å²) in [7, 11) is 0. The third-order valence-corrected chi connectivity index (χ3v) is 26.8. The van der Waals surface area contributed by atoms with Crippen molar-refractivity contribution in [3.63, 3.8) is 0 Å². The van der Waals surface area contributed by atoms with Crippen molar-refractivity contribution in [1.29, 1.82) is 0 Å². The molecule has 15 rings (SSSR count). The topological polar surface area (TPSA) is 519 Å². The van der Waals surface area contributed by atoms with Gasteiger partial charge in [-0.25, -0.2) is 24.0 Å². The van der Waals surface area contributed by atoms with Crippen molar-refractivity contribution in [2.75, 3.05) is 0 Å². The smallest absolute Gasteiger partial charge is 0.550 e. The summed E-state index contributed by atoms with van der Waals surface area (Å²) >= 11 is 17.1. The van der Waals surface area contributed by atoms with Crippen LogP contribution in [-0.4, -0.2) is 170 Å². The van der Waals surface area contributed by atoms with Gasteiger partial charge in [0.05, 0.1) is 53.7 Å². The van der Waals surface area contributed by atoms with E-state index in [4.69, 9.17) is 49.2 Å². The van der Waals surface area contributed by atoms with Crippen LogP contribution in [-0.2, 0) is 118 Å². The van der Waals surface area contributed by atoms with Crippen LogP contribution in [0.4, 0.5) is 0 Å². The number of aliphatic carboxylic acids is 10. The number of rotatable bonds is 10. The number of hydrogen-bond donors (Lipinski definition) is 5. The summed E-state index contributed by atoms with van der Waals surface area (Å²) in [6, 6.07) is 0.